The summed E-state index contributed by atoms with van der Waals surface area (Å²) in [6.45, 7) is 3.52. The summed E-state index contributed by atoms with van der Waals surface area (Å²) >= 11 is 1.62. The molecule has 0 aliphatic heterocycles. The highest BCUT2D eigenvalue weighted by atomic mass is 32.2. The van der Waals surface area contributed by atoms with Crippen molar-refractivity contribution in [3.05, 3.63) is 90.0 Å². The fourth-order valence-corrected chi connectivity index (χ4v) is 3.98. The number of rotatable bonds is 5. The van der Waals surface area contributed by atoms with E-state index in [1.54, 1.807) is 17.8 Å². The molecule has 0 fully saturated rings. The van der Waals surface area contributed by atoms with Crippen LogP contribution >= 0.6 is 11.8 Å². The van der Waals surface area contributed by atoms with E-state index in [-0.39, 0.29) is 17.1 Å². The Morgan fingerprint density at radius 3 is 2.25 bits per heavy atom. The number of thioether (sulfide) groups is 1. The topological polar surface area (TPSA) is 37.4 Å². The van der Waals surface area contributed by atoms with E-state index >= 15 is 0 Å². The summed E-state index contributed by atoms with van der Waals surface area (Å²) in [4.78, 5) is 26.0. The van der Waals surface area contributed by atoms with Crippen molar-refractivity contribution in [2.75, 3.05) is 7.05 Å². The Balaban J connectivity index is 1.91. The standard InChI is InChI=1S/C24H23NO2S/c1-17(21-14-13-19-9-7-8-12-22(19)15-21)28-23(20-10-5-4-6-11-20)16-24(27)25(3)18(2)26/h4-17H,1-3H3/b23-16+. The quantitative estimate of drug-likeness (QED) is 0.527. The molecule has 0 aliphatic rings. The van der Waals surface area contributed by atoms with Crippen LogP contribution in [0.5, 0.6) is 0 Å². The molecular weight excluding hydrogens is 366 g/mol. The smallest absolute Gasteiger partial charge is 0.254 e. The van der Waals surface area contributed by atoms with Crippen LogP contribution in [0, 0.1) is 0 Å². The SMILES string of the molecule is CC(=O)N(C)C(=O)/C=C(/SC(C)c1ccc2ccccc2c1)c1ccccc1. The molecule has 0 saturated carbocycles. The second kappa shape index (κ2) is 8.89. The highest BCUT2D eigenvalue weighted by Gasteiger charge is 2.16. The lowest BCUT2D eigenvalue weighted by molar-refractivity contribution is -0.138. The summed E-state index contributed by atoms with van der Waals surface area (Å²) in [5, 5.41) is 2.55. The van der Waals surface area contributed by atoms with Gasteiger partial charge in [-0.1, -0.05) is 72.8 Å². The molecule has 1 unspecified atom stereocenters. The summed E-state index contributed by atoms with van der Waals surface area (Å²) in [5.74, 6) is -0.592. The molecule has 0 saturated heterocycles. The first-order chi connectivity index (χ1) is 13.5. The average molecular weight is 390 g/mol. The first kappa shape index (κ1) is 19.9. The van der Waals surface area contributed by atoms with Gasteiger partial charge in [0, 0.05) is 30.2 Å². The van der Waals surface area contributed by atoms with Crippen LogP contribution in [0.25, 0.3) is 15.7 Å². The van der Waals surface area contributed by atoms with Crippen molar-refractivity contribution in [1.29, 1.82) is 0 Å². The van der Waals surface area contributed by atoms with E-state index in [0.717, 1.165) is 15.4 Å². The van der Waals surface area contributed by atoms with Gasteiger partial charge >= 0.3 is 0 Å². The van der Waals surface area contributed by atoms with Crippen molar-refractivity contribution in [3.8, 4) is 0 Å². The Morgan fingerprint density at radius 2 is 1.57 bits per heavy atom. The summed E-state index contributed by atoms with van der Waals surface area (Å²) in [5.41, 5.74) is 2.16. The molecule has 3 aromatic rings. The molecule has 0 N–H and O–H groups in total. The lowest BCUT2D eigenvalue weighted by Crippen LogP contribution is -2.29. The molecule has 142 valence electrons. The summed E-state index contributed by atoms with van der Waals surface area (Å²) in [7, 11) is 1.50. The molecule has 3 nitrogen and oxygen atoms in total. The van der Waals surface area contributed by atoms with Crippen LogP contribution in [0.4, 0.5) is 0 Å². The Kier molecular flexibility index (Phi) is 6.32. The van der Waals surface area contributed by atoms with Gasteiger partial charge in [0.1, 0.15) is 0 Å². The van der Waals surface area contributed by atoms with Gasteiger partial charge in [-0.05, 0) is 28.8 Å². The molecule has 0 radical (unpaired) electrons. The van der Waals surface area contributed by atoms with Gasteiger partial charge in [-0.15, -0.1) is 11.8 Å². The normalized spacial score (nSPS) is 12.6. The average Bonchev–Trinajstić information content (AvgIpc) is 2.72. The molecule has 0 aromatic heterocycles. The van der Waals surface area contributed by atoms with E-state index in [4.69, 9.17) is 0 Å². The summed E-state index contributed by atoms with van der Waals surface area (Å²) in [6.07, 6.45) is 1.55. The molecule has 0 heterocycles. The Hall–Kier alpha value is -2.85. The maximum atomic E-state index is 12.5. The van der Waals surface area contributed by atoms with Crippen LogP contribution < -0.4 is 0 Å². The first-order valence-corrected chi connectivity index (χ1v) is 10.0. The minimum atomic E-state index is -0.315. The number of carbonyl (C=O) groups is 2. The maximum Gasteiger partial charge on any atom is 0.254 e. The van der Waals surface area contributed by atoms with Crippen LogP contribution in [0.15, 0.2) is 78.9 Å². The van der Waals surface area contributed by atoms with Gasteiger partial charge in [0.15, 0.2) is 0 Å². The van der Waals surface area contributed by atoms with Gasteiger partial charge < -0.3 is 0 Å². The van der Waals surface area contributed by atoms with Gasteiger partial charge in [-0.25, -0.2) is 0 Å². The number of benzene rings is 3. The monoisotopic (exact) mass is 389 g/mol. The second-order valence-corrected chi connectivity index (χ2v) is 8.04. The van der Waals surface area contributed by atoms with Crippen LogP contribution in [-0.4, -0.2) is 23.8 Å². The van der Waals surface area contributed by atoms with Crippen LogP contribution in [0.3, 0.4) is 0 Å². The number of amides is 2. The van der Waals surface area contributed by atoms with Crippen LogP contribution in [-0.2, 0) is 9.59 Å². The highest BCUT2D eigenvalue weighted by Crippen LogP contribution is 2.40. The zero-order valence-electron chi connectivity index (χ0n) is 16.3. The highest BCUT2D eigenvalue weighted by molar-refractivity contribution is 8.08. The minimum Gasteiger partial charge on any atom is -0.282 e. The van der Waals surface area contributed by atoms with Gasteiger partial charge in [-0.3, -0.25) is 14.5 Å². The third-order valence-electron chi connectivity index (χ3n) is 4.66. The fraction of sp³-hybridized carbons (Fsp3) is 0.167. The molecule has 0 aliphatic carbocycles. The molecule has 0 spiro atoms. The molecule has 4 heteroatoms. The van der Waals surface area contributed by atoms with Crippen molar-refractivity contribution < 1.29 is 9.59 Å². The van der Waals surface area contributed by atoms with Crippen LogP contribution in [0.2, 0.25) is 0 Å². The number of fused-ring (bicyclic) bond motifs is 1. The predicted molar refractivity (Wildman–Crippen MR) is 118 cm³/mol. The van der Waals surface area contributed by atoms with Crippen LogP contribution in [0.1, 0.15) is 30.2 Å². The van der Waals surface area contributed by atoms with E-state index in [0.29, 0.717) is 0 Å². The fourth-order valence-electron chi connectivity index (χ4n) is 2.87. The number of hydrogen-bond donors (Lipinski definition) is 0. The number of likely N-dealkylation sites (N-methyl/N-ethyl adjacent to an activating group) is 1. The summed E-state index contributed by atoms with van der Waals surface area (Å²) in [6, 6.07) is 24.5. The van der Waals surface area contributed by atoms with Crippen molar-refractivity contribution in [2.24, 2.45) is 0 Å². The molecule has 1 atom stereocenters. The number of imide groups is 1. The first-order valence-electron chi connectivity index (χ1n) is 9.16. The maximum absolute atomic E-state index is 12.5. The van der Waals surface area contributed by atoms with E-state index in [9.17, 15) is 9.59 Å². The van der Waals surface area contributed by atoms with Crippen molar-refractivity contribution in [1.82, 2.24) is 4.90 Å². The number of nitrogens with zero attached hydrogens (tertiary/aromatic N) is 1. The predicted octanol–water partition coefficient (Wildman–Crippen LogP) is 5.68. The van der Waals surface area contributed by atoms with Gasteiger partial charge in [0.2, 0.25) is 5.91 Å². The minimum absolute atomic E-state index is 0.145. The lowest BCUT2D eigenvalue weighted by Gasteiger charge is -2.17. The third kappa shape index (κ3) is 4.70. The number of carbonyl (C=O) groups excluding carboxylic acids is 2. The van der Waals surface area contributed by atoms with Gasteiger partial charge in [0.05, 0.1) is 0 Å². The van der Waals surface area contributed by atoms with Gasteiger partial charge in [0.25, 0.3) is 5.91 Å². The van der Waals surface area contributed by atoms with Crippen molar-refractivity contribution in [2.45, 2.75) is 19.1 Å². The molecular formula is C24H23NO2S. The summed E-state index contributed by atoms with van der Waals surface area (Å²) < 4.78 is 0. The molecule has 2 amide bonds. The lowest BCUT2D eigenvalue weighted by atomic mass is 10.1. The van der Waals surface area contributed by atoms with Crippen molar-refractivity contribution in [3.63, 3.8) is 0 Å². The molecule has 28 heavy (non-hydrogen) atoms. The molecule has 3 aromatic carbocycles. The third-order valence-corrected chi connectivity index (χ3v) is 5.90. The number of hydrogen-bond acceptors (Lipinski definition) is 3. The van der Waals surface area contributed by atoms with E-state index < -0.39 is 0 Å². The zero-order chi connectivity index (χ0) is 20.1. The van der Waals surface area contributed by atoms with Crippen molar-refractivity contribution >= 4 is 39.3 Å². The van der Waals surface area contributed by atoms with Gasteiger partial charge in [-0.2, -0.15) is 0 Å². The van der Waals surface area contributed by atoms with E-state index in [2.05, 4.69) is 37.3 Å². The zero-order valence-corrected chi connectivity index (χ0v) is 17.1. The second-order valence-electron chi connectivity index (χ2n) is 6.66. The Labute approximate surface area is 170 Å². The Morgan fingerprint density at radius 1 is 0.929 bits per heavy atom. The van der Waals surface area contributed by atoms with E-state index in [1.807, 2.05) is 42.5 Å². The largest absolute Gasteiger partial charge is 0.282 e. The molecule has 0 bridgehead atoms. The van der Waals surface area contributed by atoms with E-state index in [1.165, 1.54) is 30.3 Å². The Bertz CT molecular complexity index is 1030. The molecule has 3 rings (SSSR count).